The van der Waals surface area contributed by atoms with Crippen molar-refractivity contribution in [2.75, 3.05) is 19.8 Å². The van der Waals surface area contributed by atoms with Crippen molar-refractivity contribution in [3.05, 3.63) is 0 Å². The van der Waals surface area contributed by atoms with Crippen LogP contribution in [0.1, 0.15) is 13.3 Å². The summed E-state index contributed by atoms with van der Waals surface area (Å²) < 4.78 is 10.2. The zero-order valence-corrected chi connectivity index (χ0v) is 9.03. The fourth-order valence-electron chi connectivity index (χ4n) is 1.01. The van der Waals surface area contributed by atoms with Gasteiger partial charge in [-0.3, -0.25) is 0 Å². The van der Waals surface area contributed by atoms with Crippen LogP contribution in [0.5, 0.6) is 0 Å². The largest absolute Gasteiger partial charge is 0.411 e. The van der Waals surface area contributed by atoms with Crippen molar-refractivity contribution in [1.29, 1.82) is 0 Å². The molecule has 78 valence electrons. The van der Waals surface area contributed by atoms with Crippen LogP contribution in [-0.4, -0.2) is 44.1 Å². The first kappa shape index (κ1) is 11.1. The Hall–Kier alpha value is 0.0569. The number of hydrogen-bond acceptors (Lipinski definition) is 4. The van der Waals surface area contributed by atoms with Gasteiger partial charge in [-0.2, -0.15) is 0 Å². The monoisotopic (exact) mass is 206 g/mol. The molecule has 0 spiro atoms. The van der Waals surface area contributed by atoms with Gasteiger partial charge in [0, 0.05) is 6.61 Å². The summed E-state index contributed by atoms with van der Waals surface area (Å²) in [5.41, 5.74) is 0. The van der Waals surface area contributed by atoms with Gasteiger partial charge in [0.15, 0.2) is 0 Å². The first-order valence-electron chi connectivity index (χ1n) is 4.78. The standard InChI is InChI=1S/C8H18O4Si/c1-2-13(9,10)5-3-4-11-6-8-7-12-8/h8-10H,2-7H2,1H3. The highest BCUT2D eigenvalue weighted by Crippen LogP contribution is 2.12. The molecule has 0 saturated carbocycles. The fraction of sp³-hybridized carbons (Fsp3) is 1.00. The van der Waals surface area contributed by atoms with Crippen LogP contribution < -0.4 is 0 Å². The van der Waals surface area contributed by atoms with Gasteiger partial charge in [-0.05, 0) is 18.5 Å². The lowest BCUT2D eigenvalue weighted by atomic mass is 10.5. The van der Waals surface area contributed by atoms with Crippen LogP contribution in [0.25, 0.3) is 0 Å². The molecule has 1 aliphatic rings. The minimum atomic E-state index is -2.85. The molecule has 1 aliphatic heterocycles. The quantitative estimate of drug-likeness (QED) is 0.356. The second kappa shape index (κ2) is 5.07. The molecule has 1 heterocycles. The van der Waals surface area contributed by atoms with Crippen LogP contribution in [0, 0.1) is 0 Å². The van der Waals surface area contributed by atoms with E-state index in [2.05, 4.69) is 0 Å². The van der Waals surface area contributed by atoms with Gasteiger partial charge in [-0.25, -0.2) is 0 Å². The zero-order valence-electron chi connectivity index (χ0n) is 8.03. The molecule has 1 unspecified atom stereocenters. The van der Waals surface area contributed by atoms with Crippen molar-refractivity contribution in [3.8, 4) is 0 Å². The Morgan fingerprint density at radius 3 is 2.77 bits per heavy atom. The highest BCUT2D eigenvalue weighted by atomic mass is 28.4. The van der Waals surface area contributed by atoms with Gasteiger partial charge in [0.2, 0.25) is 0 Å². The smallest absolute Gasteiger partial charge is 0.332 e. The van der Waals surface area contributed by atoms with E-state index in [0.717, 1.165) is 13.0 Å². The van der Waals surface area contributed by atoms with Gasteiger partial charge < -0.3 is 19.1 Å². The molecule has 4 nitrogen and oxygen atoms in total. The summed E-state index contributed by atoms with van der Waals surface area (Å²) in [4.78, 5) is 18.7. The van der Waals surface area contributed by atoms with Crippen LogP contribution in [0.2, 0.25) is 12.1 Å². The van der Waals surface area contributed by atoms with Gasteiger partial charge in [0.25, 0.3) is 0 Å². The second-order valence-corrected chi connectivity index (χ2v) is 6.64. The van der Waals surface area contributed by atoms with Gasteiger partial charge in [0.05, 0.1) is 13.2 Å². The second-order valence-electron chi connectivity index (χ2n) is 3.47. The Labute approximate surface area is 79.7 Å². The number of epoxide rings is 1. The molecule has 2 N–H and O–H groups in total. The molecule has 0 aromatic carbocycles. The summed E-state index contributed by atoms with van der Waals surface area (Å²) in [6.45, 7) is 3.88. The lowest BCUT2D eigenvalue weighted by molar-refractivity contribution is 0.115. The number of ether oxygens (including phenoxy) is 2. The summed E-state index contributed by atoms with van der Waals surface area (Å²) in [5.74, 6) is 0. The molecule has 1 fully saturated rings. The maximum Gasteiger partial charge on any atom is 0.332 e. The number of hydrogen-bond donors (Lipinski definition) is 2. The molecule has 0 aromatic rings. The third-order valence-electron chi connectivity index (χ3n) is 2.14. The van der Waals surface area contributed by atoms with Crippen LogP contribution in [0.15, 0.2) is 0 Å². The van der Waals surface area contributed by atoms with Gasteiger partial charge in [0.1, 0.15) is 6.10 Å². The lowest BCUT2D eigenvalue weighted by Gasteiger charge is -2.14. The zero-order chi connectivity index (χ0) is 9.73. The highest BCUT2D eigenvalue weighted by Gasteiger charge is 2.26. The lowest BCUT2D eigenvalue weighted by Crippen LogP contribution is -2.33. The van der Waals surface area contributed by atoms with E-state index in [-0.39, 0.29) is 0 Å². The maximum absolute atomic E-state index is 9.36. The van der Waals surface area contributed by atoms with E-state index in [1.807, 2.05) is 6.92 Å². The summed E-state index contributed by atoms with van der Waals surface area (Å²) in [5, 5.41) is 0. The summed E-state index contributed by atoms with van der Waals surface area (Å²) in [6, 6.07) is 1.01. The number of rotatable bonds is 7. The van der Waals surface area contributed by atoms with E-state index in [1.165, 1.54) is 0 Å². The molecule has 5 heteroatoms. The molecule has 1 saturated heterocycles. The molecular formula is C8H18O4Si. The molecule has 1 atom stereocenters. The third kappa shape index (κ3) is 5.38. The first-order chi connectivity index (χ1) is 6.14. The van der Waals surface area contributed by atoms with E-state index in [4.69, 9.17) is 9.47 Å². The first-order valence-corrected chi connectivity index (χ1v) is 7.09. The Morgan fingerprint density at radius 1 is 1.54 bits per heavy atom. The molecule has 0 aromatic heterocycles. The Morgan fingerprint density at radius 2 is 2.23 bits per heavy atom. The molecule has 13 heavy (non-hydrogen) atoms. The molecule has 0 aliphatic carbocycles. The predicted molar refractivity (Wildman–Crippen MR) is 50.7 cm³/mol. The highest BCUT2D eigenvalue weighted by molar-refractivity contribution is 6.64. The summed E-state index contributed by atoms with van der Waals surface area (Å²) in [6.07, 6.45) is 1.04. The predicted octanol–water partition coefficient (Wildman–Crippen LogP) is 0.239. The normalized spacial score (nSPS) is 21.9. The Kier molecular flexibility index (Phi) is 4.34. The van der Waals surface area contributed by atoms with Crippen molar-refractivity contribution in [2.45, 2.75) is 31.5 Å². The van der Waals surface area contributed by atoms with Crippen LogP contribution in [-0.2, 0) is 9.47 Å². The van der Waals surface area contributed by atoms with Gasteiger partial charge in [-0.1, -0.05) is 6.92 Å². The van der Waals surface area contributed by atoms with Crippen molar-refractivity contribution >= 4 is 8.56 Å². The summed E-state index contributed by atoms with van der Waals surface area (Å²) >= 11 is 0. The van der Waals surface area contributed by atoms with Crippen LogP contribution >= 0.6 is 0 Å². The van der Waals surface area contributed by atoms with Crippen molar-refractivity contribution in [3.63, 3.8) is 0 Å². The molecule has 0 bridgehead atoms. The van der Waals surface area contributed by atoms with E-state index in [9.17, 15) is 9.59 Å². The van der Waals surface area contributed by atoms with Crippen molar-refractivity contribution < 1.29 is 19.1 Å². The molecule has 1 rings (SSSR count). The van der Waals surface area contributed by atoms with E-state index >= 15 is 0 Å². The molecule has 0 radical (unpaired) electrons. The minimum Gasteiger partial charge on any atom is -0.411 e. The Bertz CT molecular complexity index is 147. The van der Waals surface area contributed by atoms with Crippen LogP contribution in [0.3, 0.4) is 0 Å². The fourth-order valence-corrected chi connectivity index (χ4v) is 2.08. The van der Waals surface area contributed by atoms with E-state index in [0.29, 0.717) is 31.4 Å². The molecule has 0 amide bonds. The van der Waals surface area contributed by atoms with Gasteiger partial charge >= 0.3 is 8.56 Å². The Balaban J connectivity index is 1.87. The van der Waals surface area contributed by atoms with Crippen molar-refractivity contribution in [1.82, 2.24) is 0 Å². The summed E-state index contributed by atoms with van der Waals surface area (Å²) in [7, 11) is -2.85. The average Bonchev–Trinajstić information content (AvgIpc) is 2.87. The maximum atomic E-state index is 9.36. The van der Waals surface area contributed by atoms with Gasteiger partial charge in [-0.15, -0.1) is 0 Å². The van der Waals surface area contributed by atoms with E-state index in [1.54, 1.807) is 0 Å². The van der Waals surface area contributed by atoms with E-state index < -0.39 is 8.56 Å². The van der Waals surface area contributed by atoms with Crippen molar-refractivity contribution in [2.24, 2.45) is 0 Å². The minimum absolute atomic E-state index is 0.302. The SMILES string of the molecule is CC[Si](O)(O)CCCOCC1CO1. The third-order valence-corrected chi connectivity index (χ3v) is 4.42. The average molecular weight is 206 g/mol. The van der Waals surface area contributed by atoms with Crippen LogP contribution in [0.4, 0.5) is 0 Å². The molecular weight excluding hydrogens is 188 g/mol. The topological polar surface area (TPSA) is 62.2 Å².